The zero-order valence-corrected chi connectivity index (χ0v) is 6.41. The van der Waals surface area contributed by atoms with Crippen LogP contribution in [-0.2, 0) is 14.6 Å². The number of rotatable bonds is 2. The molecule has 11 heavy (non-hydrogen) atoms. The summed E-state index contributed by atoms with van der Waals surface area (Å²) < 4.78 is 5.06. The molecule has 1 amide bonds. The molecule has 1 rings (SSSR count). The predicted molar refractivity (Wildman–Crippen MR) is 37.6 cm³/mol. The van der Waals surface area contributed by atoms with Crippen LogP contribution >= 0.6 is 0 Å². The van der Waals surface area contributed by atoms with Crippen LogP contribution in [0.4, 0.5) is 0 Å². The van der Waals surface area contributed by atoms with Crippen molar-refractivity contribution in [2.75, 3.05) is 32.9 Å². The van der Waals surface area contributed by atoms with E-state index in [9.17, 15) is 9.90 Å². The SMILES string of the molecule is [O]CCC(=O)N1CCOCC1. The van der Waals surface area contributed by atoms with Crippen LogP contribution < -0.4 is 0 Å². The number of carbonyl (C=O) groups excluding carboxylic acids is 1. The van der Waals surface area contributed by atoms with E-state index < -0.39 is 0 Å². The number of hydrogen-bond acceptors (Lipinski definition) is 2. The minimum Gasteiger partial charge on any atom is -0.378 e. The van der Waals surface area contributed by atoms with E-state index in [0.29, 0.717) is 26.3 Å². The van der Waals surface area contributed by atoms with Crippen molar-refractivity contribution in [2.45, 2.75) is 6.42 Å². The molecule has 1 aliphatic heterocycles. The summed E-state index contributed by atoms with van der Waals surface area (Å²) in [4.78, 5) is 12.8. The second-order valence-electron chi connectivity index (χ2n) is 2.45. The van der Waals surface area contributed by atoms with Gasteiger partial charge in [0.1, 0.15) is 0 Å². The Hall–Kier alpha value is -0.610. The van der Waals surface area contributed by atoms with Gasteiger partial charge in [-0.1, -0.05) is 0 Å². The fourth-order valence-electron chi connectivity index (χ4n) is 1.06. The van der Waals surface area contributed by atoms with Gasteiger partial charge in [-0.25, -0.2) is 5.11 Å². The summed E-state index contributed by atoms with van der Waals surface area (Å²) >= 11 is 0. The normalized spacial score (nSPS) is 18.5. The molecule has 0 aromatic rings. The highest BCUT2D eigenvalue weighted by molar-refractivity contribution is 5.76. The lowest BCUT2D eigenvalue weighted by Gasteiger charge is -2.26. The van der Waals surface area contributed by atoms with Crippen molar-refractivity contribution >= 4 is 5.91 Å². The third-order valence-corrected chi connectivity index (χ3v) is 1.68. The molecule has 0 unspecified atom stereocenters. The first-order valence-corrected chi connectivity index (χ1v) is 3.78. The summed E-state index contributed by atoms with van der Waals surface area (Å²) in [5.41, 5.74) is 0. The number of amides is 1. The molecule has 1 fully saturated rings. The minimum absolute atomic E-state index is 0.0386. The molecule has 0 bridgehead atoms. The van der Waals surface area contributed by atoms with Gasteiger partial charge in [0.05, 0.1) is 26.2 Å². The summed E-state index contributed by atoms with van der Waals surface area (Å²) in [5.74, 6) is -0.0386. The van der Waals surface area contributed by atoms with Gasteiger partial charge in [-0.3, -0.25) is 4.79 Å². The van der Waals surface area contributed by atoms with Gasteiger partial charge in [0.15, 0.2) is 0 Å². The molecule has 0 aliphatic carbocycles. The lowest BCUT2D eigenvalue weighted by molar-refractivity contribution is -0.136. The zero-order chi connectivity index (χ0) is 8.10. The molecule has 63 valence electrons. The molecule has 1 aliphatic rings. The molecular weight excluding hydrogens is 146 g/mol. The first-order chi connectivity index (χ1) is 5.34. The molecule has 0 N–H and O–H groups in total. The molecule has 1 saturated heterocycles. The van der Waals surface area contributed by atoms with Crippen molar-refractivity contribution in [2.24, 2.45) is 0 Å². The van der Waals surface area contributed by atoms with Crippen LogP contribution in [0, 0.1) is 0 Å². The second-order valence-corrected chi connectivity index (χ2v) is 2.45. The lowest BCUT2D eigenvalue weighted by atomic mass is 10.3. The lowest BCUT2D eigenvalue weighted by Crippen LogP contribution is -2.40. The summed E-state index contributed by atoms with van der Waals surface area (Å²) in [6.07, 6.45) is 0.125. The number of carbonyl (C=O) groups is 1. The van der Waals surface area contributed by atoms with Gasteiger partial charge >= 0.3 is 0 Å². The van der Waals surface area contributed by atoms with Gasteiger partial charge in [-0.15, -0.1) is 0 Å². The quantitative estimate of drug-likeness (QED) is 0.552. The molecule has 0 atom stereocenters. The Morgan fingerprint density at radius 2 is 2.00 bits per heavy atom. The van der Waals surface area contributed by atoms with Crippen molar-refractivity contribution in [3.05, 3.63) is 0 Å². The number of morpholine rings is 1. The van der Waals surface area contributed by atoms with Gasteiger partial charge in [-0.05, 0) is 0 Å². The van der Waals surface area contributed by atoms with E-state index in [0.717, 1.165) is 0 Å². The van der Waals surface area contributed by atoms with E-state index in [-0.39, 0.29) is 18.9 Å². The van der Waals surface area contributed by atoms with Crippen LogP contribution in [0.2, 0.25) is 0 Å². The highest BCUT2D eigenvalue weighted by Gasteiger charge is 2.15. The van der Waals surface area contributed by atoms with E-state index in [1.54, 1.807) is 4.90 Å². The number of nitrogens with zero attached hydrogens (tertiary/aromatic N) is 1. The van der Waals surface area contributed by atoms with Gasteiger partial charge in [0, 0.05) is 13.1 Å². The maximum atomic E-state index is 11.1. The van der Waals surface area contributed by atoms with Crippen LogP contribution in [0.25, 0.3) is 0 Å². The largest absolute Gasteiger partial charge is 0.378 e. The van der Waals surface area contributed by atoms with Crippen LogP contribution in [0.15, 0.2) is 0 Å². The summed E-state index contributed by atoms with van der Waals surface area (Å²) in [7, 11) is 0. The topological polar surface area (TPSA) is 49.4 Å². The van der Waals surface area contributed by atoms with Crippen LogP contribution in [-0.4, -0.2) is 43.7 Å². The maximum absolute atomic E-state index is 11.1. The molecule has 1 heterocycles. The van der Waals surface area contributed by atoms with Crippen molar-refractivity contribution in [1.82, 2.24) is 4.90 Å². The average molecular weight is 158 g/mol. The van der Waals surface area contributed by atoms with E-state index in [1.807, 2.05) is 0 Å². The van der Waals surface area contributed by atoms with Gasteiger partial charge in [0.25, 0.3) is 0 Å². The summed E-state index contributed by atoms with van der Waals surface area (Å²) in [5, 5.41) is 10.1. The fourth-order valence-corrected chi connectivity index (χ4v) is 1.06. The average Bonchev–Trinajstić information content (AvgIpc) is 2.07. The molecule has 1 radical (unpaired) electrons. The van der Waals surface area contributed by atoms with E-state index in [1.165, 1.54) is 0 Å². The highest BCUT2D eigenvalue weighted by Crippen LogP contribution is 1.99. The number of ether oxygens (including phenoxy) is 1. The molecule has 0 aromatic carbocycles. The Bertz CT molecular complexity index is 132. The van der Waals surface area contributed by atoms with Crippen molar-refractivity contribution < 1.29 is 14.6 Å². The van der Waals surface area contributed by atoms with E-state index >= 15 is 0 Å². The van der Waals surface area contributed by atoms with Crippen molar-refractivity contribution in [1.29, 1.82) is 0 Å². The van der Waals surface area contributed by atoms with Crippen LogP contribution in [0.3, 0.4) is 0 Å². The fraction of sp³-hybridized carbons (Fsp3) is 0.857. The highest BCUT2D eigenvalue weighted by atomic mass is 16.5. The first-order valence-electron chi connectivity index (χ1n) is 3.78. The Morgan fingerprint density at radius 3 is 2.55 bits per heavy atom. The Kier molecular flexibility index (Phi) is 3.32. The third-order valence-electron chi connectivity index (χ3n) is 1.68. The molecule has 0 spiro atoms. The Labute approximate surface area is 65.8 Å². The molecule has 4 heteroatoms. The first kappa shape index (κ1) is 8.49. The van der Waals surface area contributed by atoms with E-state index in [2.05, 4.69) is 0 Å². The summed E-state index contributed by atoms with van der Waals surface area (Å²) in [6, 6.07) is 0. The minimum atomic E-state index is -0.309. The molecule has 0 aromatic heterocycles. The summed E-state index contributed by atoms with van der Waals surface area (Å²) in [6.45, 7) is 2.17. The Morgan fingerprint density at radius 1 is 1.36 bits per heavy atom. The zero-order valence-electron chi connectivity index (χ0n) is 6.41. The molecule has 0 saturated carbocycles. The maximum Gasteiger partial charge on any atom is 0.225 e. The predicted octanol–water partition coefficient (Wildman–Crippen LogP) is -0.334. The van der Waals surface area contributed by atoms with Crippen LogP contribution in [0.1, 0.15) is 6.42 Å². The van der Waals surface area contributed by atoms with Gasteiger partial charge < -0.3 is 9.64 Å². The third kappa shape index (κ3) is 2.48. The van der Waals surface area contributed by atoms with Gasteiger partial charge in [-0.2, -0.15) is 0 Å². The molecular formula is C7H12NO3. The Balaban J connectivity index is 2.27. The second kappa shape index (κ2) is 4.31. The van der Waals surface area contributed by atoms with Crippen LogP contribution in [0.5, 0.6) is 0 Å². The van der Waals surface area contributed by atoms with Crippen molar-refractivity contribution in [3.63, 3.8) is 0 Å². The monoisotopic (exact) mass is 158 g/mol. The van der Waals surface area contributed by atoms with Gasteiger partial charge in [0.2, 0.25) is 5.91 Å². The van der Waals surface area contributed by atoms with E-state index in [4.69, 9.17) is 4.74 Å². The smallest absolute Gasteiger partial charge is 0.225 e. The molecule has 4 nitrogen and oxygen atoms in total. The van der Waals surface area contributed by atoms with Crippen molar-refractivity contribution in [3.8, 4) is 0 Å². The standard InChI is InChI=1S/C7H12NO3/c9-4-1-7(10)8-2-5-11-6-3-8/h1-6H2. The number of hydrogen-bond donors (Lipinski definition) is 0.